The molecule has 0 aliphatic carbocycles. The van der Waals surface area contributed by atoms with Gasteiger partial charge in [-0.15, -0.1) is 0 Å². The van der Waals surface area contributed by atoms with Crippen LogP contribution in [0.2, 0.25) is 0 Å². The number of anilines is 1. The van der Waals surface area contributed by atoms with E-state index in [0.717, 1.165) is 17.7 Å². The van der Waals surface area contributed by atoms with E-state index in [1.165, 1.54) is 0 Å². The largest absolute Gasteiger partial charge is 0.377 e. The number of carbonyl (C=O) groups is 1. The van der Waals surface area contributed by atoms with Crippen molar-refractivity contribution in [2.24, 2.45) is 17.6 Å². The van der Waals surface area contributed by atoms with Crippen LogP contribution in [0.5, 0.6) is 0 Å². The highest BCUT2D eigenvalue weighted by molar-refractivity contribution is 5.91. The van der Waals surface area contributed by atoms with Crippen molar-refractivity contribution in [3.05, 3.63) is 29.8 Å². The minimum atomic E-state index is 0.0232. The van der Waals surface area contributed by atoms with Gasteiger partial charge >= 0.3 is 0 Å². The minimum absolute atomic E-state index is 0.0232. The molecule has 0 heterocycles. The first kappa shape index (κ1) is 17.7. The van der Waals surface area contributed by atoms with Crippen molar-refractivity contribution >= 4 is 11.6 Å². The van der Waals surface area contributed by atoms with Crippen LogP contribution in [0.4, 0.5) is 5.69 Å². The Labute approximate surface area is 128 Å². The molecule has 3 N–H and O–H groups in total. The average Bonchev–Trinajstić information content (AvgIpc) is 2.45. The molecule has 21 heavy (non-hydrogen) atoms. The summed E-state index contributed by atoms with van der Waals surface area (Å²) in [5.74, 6) is 0.815. The summed E-state index contributed by atoms with van der Waals surface area (Å²) in [6.07, 6.45) is 1.45. The smallest absolute Gasteiger partial charge is 0.224 e. The van der Waals surface area contributed by atoms with Crippen molar-refractivity contribution in [3.63, 3.8) is 0 Å². The Hall–Kier alpha value is -1.39. The van der Waals surface area contributed by atoms with Crippen molar-refractivity contribution in [2.75, 3.05) is 18.5 Å². The fourth-order valence-corrected chi connectivity index (χ4v) is 2.37. The van der Waals surface area contributed by atoms with E-state index in [9.17, 15) is 4.79 Å². The molecule has 0 unspecified atom stereocenters. The van der Waals surface area contributed by atoms with Gasteiger partial charge in [-0.25, -0.2) is 0 Å². The van der Waals surface area contributed by atoms with Crippen LogP contribution in [0.15, 0.2) is 24.3 Å². The zero-order valence-corrected chi connectivity index (χ0v) is 13.4. The summed E-state index contributed by atoms with van der Waals surface area (Å²) in [6.45, 7) is 7.98. The average molecular weight is 292 g/mol. The highest BCUT2D eigenvalue weighted by atomic mass is 16.5. The lowest BCUT2D eigenvalue weighted by Gasteiger charge is -2.17. The van der Waals surface area contributed by atoms with Crippen molar-refractivity contribution in [1.29, 1.82) is 0 Å². The van der Waals surface area contributed by atoms with E-state index in [1.54, 1.807) is 0 Å². The van der Waals surface area contributed by atoms with Crippen LogP contribution < -0.4 is 11.1 Å². The number of amides is 1. The molecule has 0 fully saturated rings. The Balaban J connectivity index is 2.61. The SMILES string of the molecule is CCOCc1ccccc1NC(=O)C[C@@H](CN)CC(C)C. The molecule has 1 atom stereocenters. The Morgan fingerprint density at radius 2 is 2.05 bits per heavy atom. The topological polar surface area (TPSA) is 64.3 Å². The van der Waals surface area contributed by atoms with Gasteiger partial charge in [-0.1, -0.05) is 32.0 Å². The van der Waals surface area contributed by atoms with Crippen LogP contribution >= 0.6 is 0 Å². The van der Waals surface area contributed by atoms with Crippen molar-refractivity contribution in [3.8, 4) is 0 Å². The second-order valence-corrected chi connectivity index (χ2v) is 5.78. The Morgan fingerprint density at radius 1 is 1.33 bits per heavy atom. The zero-order chi connectivity index (χ0) is 15.7. The van der Waals surface area contributed by atoms with Gasteiger partial charge in [0.1, 0.15) is 0 Å². The fourth-order valence-electron chi connectivity index (χ4n) is 2.37. The van der Waals surface area contributed by atoms with Gasteiger partial charge in [0.2, 0.25) is 5.91 Å². The summed E-state index contributed by atoms with van der Waals surface area (Å²) in [4.78, 5) is 12.2. The van der Waals surface area contributed by atoms with Crippen molar-refractivity contribution in [1.82, 2.24) is 0 Å². The summed E-state index contributed by atoms with van der Waals surface area (Å²) in [5, 5.41) is 2.98. The molecule has 1 amide bonds. The van der Waals surface area contributed by atoms with E-state index in [0.29, 0.717) is 32.1 Å². The van der Waals surface area contributed by atoms with Gasteiger partial charge in [0.15, 0.2) is 0 Å². The molecule has 0 saturated carbocycles. The van der Waals surface area contributed by atoms with Gasteiger partial charge in [-0.3, -0.25) is 4.79 Å². The molecule has 0 saturated heterocycles. The second-order valence-electron chi connectivity index (χ2n) is 5.78. The van der Waals surface area contributed by atoms with Crippen LogP contribution in [-0.2, 0) is 16.1 Å². The zero-order valence-electron chi connectivity index (χ0n) is 13.4. The molecule has 1 rings (SSSR count). The molecule has 4 heteroatoms. The summed E-state index contributed by atoms with van der Waals surface area (Å²) in [7, 11) is 0. The number of ether oxygens (including phenoxy) is 1. The van der Waals surface area contributed by atoms with E-state index in [2.05, 4.69) is 19.2 Å². The van der Waals surface area contributed by atoms with Gasteiger partial charge in [-0.05, 0) is 37.8 Å². The first-order valence-corrected chi connectivity index (χ1v) is 7.72. The highest BCUT2D eigenvalue weighted by Gasteiger charge is 2.15. The third-order valence-corrected chi connectivity index (χ3v) is 3.37. The lowest BCUT2D eigenvalue weighted by atomic mass is 9.94. The molecule has 0 bridgehead atoms. The maximum absolute atomic E-state index is 12.2. The first-order valence-electron chi connectivity index (χ1n) is 7.72. The number of hydrogen-bond donors (Lipinski definition) is 2. The number of para-hydroxylation sites is 1. The molecule has 1 aromatic rings. The molecule has 118 valence electrons. The van der Waals surface area contributed by atoms with E-state index in [4.69, 9.17) is 10.5 Å². The normalized spacial score (nSPS) is 12.4. The maximum atomic E-state index is 12.2. The number of nitrogens with two attached hydrogens (primary N) is 1. The lowest BCUT2D eigenvalue weighted by molar-refractivity contribution is -0.117. The number of hydrogen-bond acceptors (Lipinski definition) is 3. The highest BCUT2D eigenvalue weighted by Crippen LogP contribution is 2.19. The number of rotatable bonds is 9. The van der Waals surface area contributed by atoms with Gasteiger partial charge in [-0.2, -0.15) is 0 Å². The van der Waals surface area contributed by atoms with E-state index < -0.39 is 0 Å². The van der Waals surface area contributed by atoms with Crippen LogP contribution in [0.3, 0.4) is 0 Å². The second kappa shape index (κ2) is 9.53. The standard InChI is InChI=1S/C17H28N2O2/c1-4-21-12-15-7-5-6-8-16(15)19-17(20)10-14(11-18)9-13(2)3/h5-8,13-14H,4,9-12,18H2,1-3H3,(H,19,20)/t14-/m0/s1. The molecule has 0 aliphatic heterocycles. The molecule has 1 aromatic carbocycles. The van der Waals surface area contributed by atoms with Crippen LogP contribution in [0, 0.1) is 11.8 Å². The van der Waals surface area contributed by atoms with E-state index in [1.807, 2.05) is 31.2 Å². The first-order chi connectivity index (χ1) is 10.1. The third kappa shape index (κ3) is 6.74. The quantitative estimate of drug-likeness (QED) is 0.734. The number of benzene rings is 1. The van der Waals surface area contributed by atoms with Gasteiger partial charge < -0.3 is 15.8 Å². The molecule has 0 aliphatic rings. The van der Waals surface area contributed by atoms with Crippen molar-refractivity contribution in [2.45, 2.75) is 40.2 Å². The maximum Gasteiger partial charge on any atom is 0.224 e. The van der Waals surface area contributed by atoms with Crippen LogP contribution in [0.1, 0.15) is 39.2 Å². The summed E-state index contributed by atoms with van der Waals surface area (Å²) in [6, 6.07) is 7.75. The van der Waals surface area contributed by atoms with Crippen molar-refractivity contribution < 1.29 is 9.53 Å². The molecule has 4 nitrogen and oxygen atoms in total. The Kier molecular flexibility index (Phi) is 8.01. The molecular formula is C17H28N2O2. The minimum Gasteiger partial charge on any atom is -0.377 e. The summed E-state index contributed by atoms with van der Waals surface area (Å²) < 4.78 is 5.43. The number of nitrogens with one attached hydrogen (secondary N) is 1. The van der Waals surface area contributed by atoms with Crippen LogP contribution in [-0.4, -0.2) is 19.1 Å². The van der Waals surface area contributed by atoms with Gasteiger partial charge in [0.25, 0.3) is 0 Å². The molecular weight excluding hydrogens is 264 g/mol. The molecule has 0 spiro atoms. The van der Waals surface area contributed by atoms with E-state index >= 15 is 0 Å². The van der Waals surface area contributed by atoms with Crippen LogP contribution in [0.25, 0.3) is 0 Å². The third-order valence-electron chi connectivity index (χ3n) is 3.37. The lowest BCUT2D eigenvalue weighted by Crippen LogP contribution is -2.23. The fraction of sp³-hybridized carbons (Fsp3) is 0.588. The summed E-state index contributed by atoms with van der Waals surface area (Å²) >= 11 is 0. The predicted octanol–water partition coefficient (Wildman–Crippen LogP) is 3.17. The Morgan fingerprint density at radius 3 is 2.67 bits per heavy atom. The predicted molar refractivity (Wildman–Crippen MR) is 87.0 cm³/mol. The molecule has 0 aromatic heterocycles. The van der Waals surface area contributed by atoms with Gasteiger partial charge in [0, 0.05) is 24.3 Å². The Bertz CT molecular complexity index is 433. The molecule has 0 radical (unpaired) electrons. The number of carbonyl (C=O) groups excluding carboxylic acids is 1. The monoisotopic (exact) mass is 292 g/mol. The van der Waals surface area contributed by atoms with E-state index in [-0.39, 0.29) is 11.8 Å². The summed E-state index contributed by atoms with van der Waals surface area (Å²) in [5.41, 5.74) is 7.59. The van der Waals surface area contributed by atoms with Gasteiger partial charge in [0.05, 0.1) is 6.61 Å².